The van der Waals surface area contributed by atoms with Gasteiger partial charge in [0.1, 0.15) is 0 Å². The highest BCUT2D eigenvalue weighted by atomic mass is 32.2. The maximum absolute atomic E-state index is 12.0. The number of hydrogen-bond donors (Lipinski definition) is 1. The van der Waals surface area contributed by atoms with Crippen LogP contribution in [-0.4, -0.2) is 38.9 Å². The quantitative estimate of drug-likeness (QED) is 0.813. The first-order chi connectivity index (χ1) is 8.62. The number of benzene rings is 1. The van der Waals surface area contributed by atoms with Crippen LogP contribution in [0.1, 0.15) is 5.56 Å². The lowest BCUT2D eigenvalue weighted by molar-refractivity contribution is -0.661. The number of piperazine rings is 1. The van der Waals surface area contributed by atoms with Crippen molar-refractivity contribution in [3.05, 3.63) is 34.6 Å². The van der Waals surface area contributed by atoms with Crippen LogP contribution in [0.2, 0.25) is 0 Å². The maximum Gasteiger partial charge on any atom is 0.160 e. The molecule has 0 amide bonds. The van der Waals surface area contributed by atoms with Crippen LogP contribution >= 0.6 is 0 Å². The second-order valence-corrected chi connectivity index (χ2v) is 5.59. The third kappa shape index (κ3) is 2.98. The van der Waals surface area contributed by atoms with Gasteiger partial charge in [-0.25, -0.2) is 12.7 Å². The van der Waals surface area contributed by atoms with E-state index in [4.69, 9.17) is 5.26 Å². The van der Waals surface area contributed by atoms with E-state index in [1.165, 1.54) is 16.4 Å². The second-order valence-electron chi connectivity index (χ2n) is 3.99. The van der Waals surface area contributed by atoms with E-state index in [1.54, 1.807) is 12.1 Å². The number of rotatable bonds is 3. The summed E-state index contributed by atoms with van der Waals surface area (Å²) in [5, 5.41) is 10.7. The molecular weight excluding hydrogens is 252 g/mol. The van der Waals surface area contributed by atoms with Crippen molar-refractivity contribution >= 4 is 15.9 Å². The van der Waals surface area contributed by atoms with Crippen molar-refractivity contribution in [2.24, 2.45) is 0 Å². The summed E-state index contributed by atoms with van der Waals surface area (Å²) in [6.45, 7) is 2.51. The van der Waals surface area contributed by atoms with Crippen molar-refractivity contribution in [1.29, 1.82) is 5.26 Å². The van der Waals surface area contributed by atoms with Gasteiger partial charge >= 0.3 is 0 Å². The zero-order chi connectivity index (χ0) is 13.0. The van der Waals surface area contributed by atoms with Crippen molar-refractivity contribution in [3.8, 4) is 6.07 Å². The molecule has 0 saturated carbocycles. The van der Waals surface area contributed by atoms with Gasteiger partial charge < -0.3 is 10.0 Å². The molecule has 1 saturated heterocycles. The van der Waals surface area contributed by atoms with Gasteiger partial charge in [-0.15, -0.1) is 5.69 Å². The highest BCUT2D eigenvalue weighted by Gasteiger charge is 2.18. The van der Waals surface area contributed by atoms with Gasteiger partial charge in [-0.3, -0.25) is 0 Å². The van der Waals surface area contributed by atoms with Crippen LogP contribution in [0.4, 0.5) is 5.69 Å². The van der Waals surface area contributed by atoms with E-state index in [0.717, 1.165) is 13.1 Å². The van der Waals surface area contributed by atoms with E-state index >= 15 is 0 Å². The van der Waals surface area contributed by atoms with Gasteiger partial charge in [0.2, 0.25) is 0 Å². The lowest BCUT2D eigenvalue weighted by atomic mass is 10.2. The Labute approximate surface area is 106 Å². The highest BCUT2D eigenvalue weighted by Crippen LogP contribution is 2.24. The van der Waals surface area contributed by atoms with Crippen molar-refractivity contribution < 1.29 is 13.7 Å². The number of hydrogen-bond acceptors (Lipinski definition) is 3. The fraction of sp³-hybridized carbons (Fsp3) is 0.364. The first-order valence-corrected chi connectivity index (χ1v) is 7.06. The molecule has 0 atom stereocenters. The Kier molecular flexibility index (Phi) is 3.81. The number of nitrogens with two attached hydrogens (primary N) is 1. The second kappa shape index (κ2) is 5.35. The summed E-state index contributed by atoms with van der Waals surface area (Å²) in [6, 6.07) is 8.15. The average Bonchev–Trinajstić information content (AvgIpc) is 2.40. The number of quaternary nitrogens is 1. The summed E-state index contributed by atoms with van der Waals surface area (Å²) in [5.74, 6) is 0. The highest BCUT2D eigenvalue weighted by molar-refractivity contribution is 7.92. The van der Waals surface area contributed by atoms with Crippen LogP contribution in [0.15, 0.2) is 24.3 Å². The van der Waals surface area contributed by atoms with Crippen molar-refractivity contribution in [2.45, 2.75) is 0 Å². The SMILES string of the molecule is N#Cc1ccc([N-]S(=O)(=O)N2CC[NH2+]CC2)cc1. The zero-order valence-electron chi connectivity index (χ0n) is 9.78. The lowest BCUT2D eigenvalue weighted by Crippen LogP contribution is -2.89. The zero-order valence-corrected chi connectivity index (χ0v) is 10.6. The minimum Gasteiger partial charge on any atom is -0.564 e. The van der Waals surface area contributed by atoms with Gasteiger partial charge in [0.05, 0.1) is 37.8 Å². The molecule has 0 unspecified atom stereocenters. The third-order valence-electron chi connectivity index (χ3n) is 2.71. The van der Waals surface area contributed by atoms with Crippen LogP contribution in [0, 0.1) is 11.3 Å². The standard InChI is InChI=1S/C11H13N4O2S/c12-9-10-1-3-11(4-2-10)14-18(16,17)15-7-5-13-6-8-15/h1-4,13H,5-8H2/q-1/p+1. The van der Waals surface area contributed by atoms with E-state index < -0.39 is 10.2 Å². The Bertz CT molecular complexity index is 541. The largest absolute Gasteiger partial charge is 0.564 e. The van der Waals surface area contributed by atoms with Crippen molar-refractivity contribution in [3.63, 3.8) is 0 Å². The molecule has 1 aliphatic heterocycles. The van der Waals surface area contributed by atoms with Gasteiger partial charge in [-0.05, 0) is 12.1 Å². The van der Waals surface area contributed by atoms with Crippen LogP contribution in [0.25, 0.3) is 4.72 Å². The molecule has 1 heterocycles. The monoisotopic (exact) mass is 266 g/mol. The van der Waals surface area contributed by atoms with Crippen LogP contribution < -0.4 is 5.32 Å². The summed E-state index contributed by atoms with van der Waals surface area (Å²) in [4.78, 5) is 0. The molecule has 0 spiro atoms. The fourth-order valence-corrected chi connectivity index (χ4v) is 2.92. The summed E-state index contributed by atoms with van der Waals surface area (Å²) in [6.07, 6.45) is 0. The van der Waals surface area contributed by atoms with E-state index in [0.29, 0.717) is 24.3 Å². The Hall–Kier alpha value is -1.62. The summed E-state index contributed by atoms with van der Waals surface area (Å²) in [5.41, 5.74) is 0.836. The van der Waals surface area contributed by atoms with Crippen LogP contribution in [-0.2, 0) is 10.2 Å². The summed E-state index contributed by atoms with van der Waals surface area (Å²) >= 11 is 0. The van der Waals surface area contributed by atoms with Gasteiger partial charge in [-0.2, -0.15) is 5.26 Å². The van der Waals surface area contributed by atoms with E-state index in [9.17, 15) is 8.42 Å². The Morgan fingerprint density at radius 2 is 1.83 bits per heavy atom. The molecule has 1 aliphatic rings. The van der Waals surface area contributed by atoms with Crippen molar-refractivity contribution in [1.82, 2.24) is 4.31 Å². The van der Waals surface area contributed by atoms with Gasteiger partial charge in [-0.1, -0.05) is 12.1 Å². The Balaban J connectivity index is 2.09. The van der Waals surface area contributed by atoms with Gasteiger partial charge in [0.25, 0.3) is 0 Å². The molecule has 18 heavy (non-hydrogen) atoms. The smallest absolute Gasteiger partial charge is 0.160 e. The number of nitriles is 1. The molecular formula is C11H14N4O2S. The molecule has 1 aromatic carbocycles. The molecule has 1 aromatic rings. The topological polar surface area (TPSA) is 91.9 Å². The predicted molar refractivity (Wildman–Crippen MR) is 66.3 cm³/mol. The molecule has 0 aliphatic carbocycles. The summed E-state index contributed by atoms with van der Waals surface area (Å²) < 4.78 is 29.1. The maximum atomic E-state index is 12.0. The average molecular weight is 266 g/mol. The molecule has 96 valence electrons. The molecule has 0 aromatic heterocycles. The lowest BCUT2D eigenvalue weighted by Gasteiger charge is -2.32. The molecule has 6 nitrogen and oxygen atoms in total. The Morgan fingerprint density at radius 1 is 1.22 bits per heavy atom. The first-order valence-electron chi connectivity index (χ1n) is 5.67. The fourth-order valence-electron chi connectivity index (χ4n) is 1.75. The molecule has 0 bridgehead atoms. The first kappa shape index (κ1) is 12.8. The summed E-state index contributed by atoms with van der Waals surface area (Å²) in [7, 11) is -3.60. The molecule has 1 fully saturated rings. The molecule has 2 N–H and O–H groups in total. The van der Waals surface area contributed by atoms with E-state index in [2.05, 4.69) is 10.0 Å². The predicted octanol–water partition coefficient (Wildman–Crippen LogP) is -0.313. The normalized spacial score (nSPS) is 17.1. The van der Waals surface area contributed by atoms with Crippen LogP contribution in [0.5, 0.6) is 0 Å². The van der Waals surface area contributed by atoms with Gasteiger partial charge in [0.15, 0.2) is 10.2 Å². The Morgan fingerprint density at radius 3 is 2.39 bits per heavy atom. The van der Waals surface area contributed by atoms with Crippen molar-refractivity contribution in [2.75, 3.05) is 26.2 Å². The van der Waals surface area contributed by atoms with Gasteiger partial charge in [0, 0.05) is 0 Å². The minimum atomic E-state index is -3.60. The molecule has 7 heteroatoms. The van der Waals surface area contributed by atoms with E-state index in [1.807, 2.05) is 6.07 Å². The van der Waals surface area contributed by atoms with Crippen LogP contribution in [0.3, 0.4) is 0 Å². The minimum absolute atomic E-state index is 0.351. The molecule has 2 rings (SSSR count). The van der Waals surface area contributed by atoms with E-state index in [-0.39, 0.29) is 0 Å². The number of nitrogens with zero attached hydrogens (tertiary/aromatic N) is 3. The molecule has 0 radical (unpaired) electrons. The third-order valence-corrected chi connectivity index (χ3v) is 4.17.